The highest BCUT2D eigenvalue weighted by Crippen LogP contribution is 2.32. The predicted molar refractivity (Wildman–Crippen MR) is 101 cm³/mol. The smallest absolute Gasteiger partial charge is 0.343 e. The summed E-state index contributed by atoms with van der Waals surface area (Å²) < 4.78 is 21.2. The molecule has 27 heavy (non-hydrogen) atoms. The molecule has 0 aliphatic heterocycles. The van der Waals surface area contributed by atoms with Gasteiger partial charge in [-0.05, 0) is 48.4 Å². The number of hydrogen-bond donors (Lipinski definition) is 0. The average molecular weight is 368 g/mol. The molecule has 1 aromatic heterocycles. The van der Waals surface area contributed by atoms with Gasteiger partial charge < -0.3 is 18.6 Å². The van der Waals surface area contributed by atoms with Crippen molar-refractivity contribution >= 4 is 16.9 Å². The van der Waals surface area contributed by atoms with Gasteiger partial charge in [0.1, 0.15) is 11.3 Å². The Kier molecular flexibility index (Phi) is 5.45. The molecule has 0 atom stereocenters. The molecule has 0 unspecified atom stereocenters. The van der Waals surface area contributed by atoms with Crippen LogP contribution >= 0.6 is 0 Å². The van der Waals surface area contributed by atoms with Crippen molar-refractivity contribution in [3.05, 3.63) is 58.3 Å². The molecule has 0 saturated heterocycles. The van der Waals surface area contributed by atoms with E-state index >= 15 is 0 Å². The minimum atomic E-state index is -0.586. The van der Waals surface area contributed by atoms with E-state index in [1.54, 1.807) is 43.5 Å². The number of esters is 1. The lowest BCUT2D eigenvalue weighted by Gasteiger charge is -2.12. The molecule has 3 aromatic rings. The van der Waals surface area contributed by atoms with Crippen LogP contribution in [0, 0.1) is 0 Å². The van der Waals surface area contributed by atoms with Gasteiger partial charge in [0.25, 0.3) is 0 Å². The molecule has 0 fully saturated rings. The number of hydrogen-bond acceptors (Lipinski definition) is 6. The van der Waals surface area contributed by atoms with E-state index in [1.165, 1.54) is 7.11 Å². The fraction of sp³-hybridized carbons (Fsp3) is 0.238. The van der Waals surface area contributed by atoms with Gasteiger partial charge in [0, 0.05) is 5.56 Å². The molecular formula is C21H20O6. The second kappa shape index (κ2) is 7.95. The van der Waals surface area contributed by atoms with Crippen LogP contribution in [0.2, 0.25) is 0 Å². The molecule has 0 amide bonds. The van der Waals surface area contributed by atoms with Crippen LogP contribution in [-0.2, 0) is 16.0 Å². The van der Waals surface area contributed by atoms with E-state index in [0.717, 1.165) is 12.0 Å². The number of benzene rings is 2. The van der Waals surface area contributed by atoms with Crippen molar-refractivity contribution in [2.45, 2.75) is 13.3 Å². The van der Waals surface area contributed by atoms with E-state index in [0.29, 0.717) is 22.3 Å². The number of methoxy groups -OCH3 is 2. The Balaban J connectivity index is 2.19. The molecule has 0 aliphatic rings. The first kappa shape index (κ1) is 18.5. The zero-order valence-corrected chi connectivity index (χ0v) is 15.4. The second-order valence-corrected chi connectivity index (χ2v) is 5.87. The van der Waals surface area contributed by atoms with Crippen LogP contribution in [0.5, 0.6) is 11.5 Å². The summed E-state index contributed by atoms with van der Waals surface area (Å²) in [7, 11) is 2.83. The fourth-order valence-corrected chi connectivity index (χ4v) is 2.70. The highest BCUT2D eigenvalue weighted by molar-refractivity contribution is 5.83. The molecule has 3 rings (SSSR count). The summed E-state index contributed by atoms with van der Waals surface area (Å²) >= 11 is 0. The monoisotopic (exact) mass is 368 g/mol. The van der Waals surface area contributed by atoms with Crippen LogP contribution in [0.4, 0.5) is 0 Å². The normalized spacial score (nSPS) is 10.6. The number of rotatable bonds is 6. The third kappa shape index (κ3) is 3.79. The maximum absolute atomic E-state index is 13.1. The van der Waals surface area contributed by atoms with Crippen LogP contribution in [0.15, 0.2) is 51.7 Å². The highest BCUT2D eigenvalue weighted by Gasteiger charge is 2.19. The Morgan fingerprint density at radius 1 is 1.07 bits per heavy atom. The Morgan fingerprint density at radius 3 is 2.44 bits per heavy atom. The number of carbonyl (C=O) groups is 1. The molecule has 2 aromatic carbocycles. The molecular weight excluding hydrogens is 348 g/mol. The van der Waals surface area contributed by atoms with E-state index in [-0.39, 0.29) is 23.5 Å². The van der Waals surface area contributed by atoms with Gasteiger partial charge in [-0.15, -0.1) is 0 Å². The number of aryl methyl sites for hydroxylation is 1. The SMILES string of the molecule is CCc1ccc2oc(-c3ccc(OC)cc3)c(OCC(=O)OC)c(=O)c2c1. The first-order valence-electron chi connectivity index (χ1n) is 8.51. The van der Waals surface area contributed by atoms with Crippen LogP contribution in [0.3, 0.4) is 0 Å². The maximum Gasteiger partial charge on any atom is 0.343 e. The van der Waals surface area contributed by atoms with E-state index in [4.69, 9.17) is 13.9 Å². The summed E-state index contributed by atoms with van der Waals surface area (Å²) in [6.07, 6.45) is 0.786. The maximum atomic E-state index is 13.1. The fourth-order valence-electron chi connectivity index (χ4n) is 2.70. The predicted octanol–water partition coefficient (Wildman–Crippen LogP) is 3.58. The number of carbonyl (C=O) groups excluding carboxylic acids is 1. The molecule has 0 bridgehead atoms. The highest BCUT2D eigenvalue weighted by atomic mass is 16.6. The van der Waals surface area contributed by atoms with E-state index in [9.17, 15) is 9.59 Å². The van der Waals surface area contributed by atoms with Crippen LogP contribution < -0.4 is 14.9 Å². The van der Waals surface area contributed by atoms with Crippen LogP contribution in [-0.4, -0.2) is 26.8 Å². The van der Waals surface area contributed by atoms with Gasteiger partial charge in [-0.1, -0.05) is 13.0 Å². The zero-order chi connectivity index (χ0) is 19.4. The summed E-state index contributed by atoms with van der Waals surface area (Å²) in [5, 5.41) is 0.409. The van der Waals surface area contributed by atoms with Crippen molar-refractivity contribution in [3.8, 4) is 22.8 Å². The third-order valence-corrected chi connectivity index (χ3v) is 4.24. The van der Waals surface area contributed by atoms with E-state index < -0.39 is 5.97 Å². The summed E-state index contributed by atoms with van der Waals surface area (Å²) in [5.41, 5.74) is 1.76. The third-order valence-electron chi connectivity index (χ3n) is 4.24. The first-order chi connectivity index (χ1) is 13.1. The first-order valence-corrected chi connectivity index (χ1v) is 8.51. The van der Waals surface area contributed by atoms with Gasteiger partial charge in [-0.3, -0.25) is 4.79 Å². The van der Waals surface area contributed by atoms with Crippen LogP contribution in [0.1, 0.15) is 12.5 Å². The standard InChI is InChI=1S/C21H20O6/c1-4-13-5-10-17-16(11-13)19(23)21(26-12-18(22)25-3)20(27-17)14-6-8-15(24-2)9-7-14/h5-11H,4,12H2,1-3H3. The molecule has 0 aliphatic carbocycles. The van der Waals surface area contributed by atoms with Crippen molar-refractivity contribution in [2.75, 3.05) is 20.8 Å². The van der Waals surface area contributed by atoms with Gasteiger partial charge in [-0.2, -0.15) is 0 Å². The zero-order valence-electron chi connectivity index (χ0n) is 15.4. The van der Waals surface area contributed by atoms with E-state index in [2.05, 4.69) is 4.74 Å². The molecule has 140 valence electrons. The summed E-state index contributed by atoms with van der Waals surface area (Å²) in [6, 6.07) is 12.5. The molecule has 0 saturated carbocycles. The quantitative estimate of drug-likeness (QED) is 0.619. The average Bonchev–Trinajstić information content (AvgIpc) is 2.72. The molecule has 1 heterocycles. The summed E-state index contributed by atoms with van der Waals surface area (Å²) in [6.45, 7) is 1.62. The van der Waals surface area contributed by atoms with Crippen molar-refractivity contribution in [3.63, 3.8) is 0 Å². The molecule has 0 radical (unpaired) electrons. The lowest BCUT2D eigenvalue weighted by molar-refractivity contribution is -0.142. The second-order valence-electron chi connectivity index (χ2n) is 5.87. The topological polar surface area (TPSA) is 75.0 Å². The van der Waals surface area contributed by atoms with Crippen molar-refractivity contribution < 1.29 is 23.4 Å². The lowest BCUT2D eigenvalue weighted by Crippen LogP contribution is -2.17. The minimum absolute atomic E-state index is 0.0219. The molecule has 6 nitrogen and oxygen atoms in total. The molecule has 0 spiro atoms. The number of ether oxygens (including phenoxy) is 3. The number of fused-ring (bicyclic) bond motifs is 1. The Bertz CT molecular complexity index is 1020. The van der Waals surface area contributed by atoms with E-state index in [1.807, 2.05) is 13.0 Å². The molecule has 0 N–H and O–H groups in total. The Labute approximate surface area is 156 Å². The lowest BCUT2D eigenvalue weighted by atomic mass is 10.1. The van der Waals surface area contributed by atoms with Crippen molar-refractivity contribution in [2.24, 2.45) is 0 Å². The summed E-state index contributed by atoms with van der Waals surface area (Å²) in [5.74, 6) is 0.318. The molecule has 6 heteroatoms. The Hall–Kier alpha value is -3.28. The largest absolute Gasteiger partial charge is 0.497 e. The Morgan fingerprint density at radius 2 is 1.81 bits per heavy atom. The van der Waals surface area contributed by atoms with Gasteiger partial charge in [-0.25, -0.2) is 4.79 Å². The van der Waals surface area contributed by atoms with Crippen molar-refractivity contribution in [1.82, 2.24) is 0 Å². The minimum Gasteiger partial charge on any atom is -0.497 e. The summed E-state index contributed by atoms with van der Waals surface area (Å²) in [4.78, 5) is 24.5. The van der Waals surface area contributed by atoms with Gasteiger partial charge in [0.05, 0.1) is 19.6 Å². The van der Waals surface area contributed by atoms with Crippen molar-refractivity contribution in [1.29, 1.82) is 0 Å². The van der Waals surface area contributed by atoms with Gasteiger partial charge in [0.15, 0.2) is 12.4 Å². The van der Waals surface area contributed by atoms with Crippen LogP contribution in [0.25, 0.3) is 22.3 Å². The van der Waals surface area contributed by atoms with Gasteiger partial charge in [0.2, 0.25) is 11.2 Å². The van der Waals surface area contributed by atoms with Gasteiger partial charge >= 0.3 is 5.97 Å².